The summed E-state index contributed by atoms with van der Waals surface area (Å²) in [5.74, 6) is 0. The third kappa shape index (κ3) is 48.3. The molecule has 2 N–H and O–H groups in total. The van der Waals surface area contributed by atoms with E-state index < -0.39 is 11.4 Å². The Hall–Kier alpha value is 0.940. The van der Waals surface area contributed by atoms with Crippen molar-refractivity contribution >= 4 is 11.4 Å². The molecule has 0 bridgehead atoms. The van der Waals surface area contributed by atoms with Gasteiger partial charge < -0.3 is 0 Å². The van der Waals surface area contributed by atoms with Crippen LogP contribution in [0.4, 0.5) is 0 Å². The molecule has 0 amide bonds. The van der Waals surface area contributed by atoms with E-state index in [1.54, 1.807) is 0 Å². The minimum absolute atomic E-state index is 0. The van der Waals surface area contributed by atoms with E-state index in [1.807, 2.05) is 0 Å². The van der Waals surface area contributed by atoms with Crippen molar-refractivity contribution in [3.8, 4) is 0 Å². The molecule has 0 aromatic rings. The smallest absolute Gasteiger partial charge is 0.284 e. The third-order valence-electron chi connectivity index (χ3n) is 0. The largest absolute Gasteiger partial charge is 0.299 e. The van der Waals surface area contributed by atoms with E-state index in [9.17, 15) is 0 Å². The van der Waals surface area contributed by atoms with Gasteiger partial charge in [-0.05, 0) is 0 Å². The maximum atomic E-state index is 8.67. The zero-order valence-corrected chi connectivity index (χ0v) is 4.91. The molecule has 0 unspecified atom stereocenters. The summed E-state index contributed by atoms with van der Waals surface area (Å²) in [7, 11) is 0. The molecule has 0 saturated heterocycles. The Morgan fingerprint density at radius 2 is 1.40 bits per heavy atom. The van der Waals surface area contributed by atoms with Crippen molar-refractivity contribution < 1.29 is 39.2 Å². The fraction of sp³-hybridized carbons (Fsp3) is 0. The molecule has 29 valence electrons. The molecule has 0 aromatic heterocycles. The molecule has 1 radical (unpaired) electrons. The fourth-order valence-electron chi connectivity index (χ4n) is 0. The van der Waals surface area contributed by atoms with E-state index >= 15 is 0 Å². The van der Waals surface area contributed by atoms with Crippen LogP contribution in [0.25, 0.3) is 0 Å². The van der Waals surface area contributed by atoms with Crippen molar-refractivity contribution in [1.82, 2.24) is 0 Å². The molecular weight excluding hydrogens is 125 g/mol. The Morgan fingerprint density at radius 3 is 1.40 bits per heavy atom. The second-order valence-electron chi connectivity index (χ2n) is 0.231. The van der Waals surface area contributed by atoms with Crippen molar-refractivity contribution in [3.63, 3.8) is 0 Å². The quantitative estimate of drug-likeness (QED) is 0.438. The molecule has 5 heavy (non-hydrogen) atoms. The zero-order valence-electron chi connectivity index (χ0n) is 2.29. The molecule has 0 fully saturated rings. The molecule has 5 heteroatoms. The molecule has 0 aliphatic heterocycles. The van der Waals surface area contributed by atoms with E-state index in [1.165, 1.54) is 0 Å². The van der Waals surface area contributed by atoms with Crippen LogP contribution in [0.3, 0.4) is 0 Å². The average molecular weight is 127 g/mol. The van der Waals surface area contributed by atoms with Gasteiger partial charge in [-0.3, -0.25) is 9.11 Å². The van der Waals surface area contributed by atoms with Crippen molar-refractivity contribution in [2.75, 3.05) is 0 Å². The van der Waals surface area contributed by atoms with Gasteiger partial charge in [-0.1, -0.05) is 0 Å². The van der Waals surface area contributed by atoms with Crippen LogP contribution in [0.2, 0.25) is 0 Å². The van der Waals surface area contributed by atoms with Crippen LogP contribution in [-0.2, 0) is 37.2 Å². The second-order valence-corrected chi connectivity index (χ2v) is 0.692. The van der Waals surface area contributed by atoms with Gasteiger partial charge in [0, 0.05) is 25.8 Å². The maximum absolute atomic E-state index is 8.67. The Bertz CT molecular complexity index is 29.9. The van der Waals surface area contributed by atoms with Gasteiger partial charge in [0.2, 0.25) is 0 Å². The van der Waals surface area contributed by atoms with Gasteiger partial charge in [0.1, 0.15) is 0 Å². The first kappa shape index (κ1) is 9.34. The fourth-order valence-corrected chi connectivity index (χ4v) is 0. The van der Waals surface area contributed by atoms with Crippen molar-refractivity contribution in [1.29, 1.82) is 0 Å². The number of rotatable bonds is 0. The summed E-state index contributed by atoms with van der Waals surface area (Å²) in [6.07, 6.45) is 0. The van der Waals surface area contributed by atoms with Crippen molar-refractivity contribution in [3.05, 3.63) is 0 Å². The van der Waals surface area contributed by atoms with Crippen LogP contribution in [-0.4, -0.2) is 13.3 Å². The number of hydrogen-bond acceptors (Lipinski definition) is 1. The van der Waals surface area contributed by atoms with Gasteiger partial charge in [0.25, 0.3) is 11.4 Å². The van der Waals surface area contributed by atoms with Crippen LogP contribution in [0.5, 0.6) is 0 Å². The van der Waals surface area contributed by atoms with E-state index in [4.69, 9.17) is 13.3 Å². The van der Waals surface area contributed by atoms with Gasteiger partial charge in [-0.2, -0.15) is 4.21 Å². The van der Waals surface area contributed by atoms with Gasteiger partial charge in [0.05, 0.1) is 0 Å². The van der Waals surface area contributed by atoms with E-state index in [0.717, 1.165) is 0 Å². The first-order chi connectivity index (χ1) is 1.73. The molecule has 0 aromatic carbocycles. The van der Waals surface area contributed by atoms with Gasteiger partial charge in [-0.25, -0.2) is 0 Å². The first-order valence-electron chi connectivity index (χ1n) is 0.532. The SMILES string of the molecule is O=S(O)O.[Sc]. The predicted molar refractivity (Wildman–Crippen MR) is 13.4 cm³/mol. The Morgan fingerprint density at radius 1 is 1.40 bits per heavy atom. The Labute approximate surface area is 50.7 Å². The van der Waals surface area contributed by atoms with Crippen LogP contribution < -0.4 is 0 Å². The minimum atomic E-state index is -2.61. The molecule has 0 atom stereocenters. The normalized spacial score (nSPS) is 7.00. The molecule has 0 aliphatic rings. The molecule has 0 heterocycles. The topological polar surface area (TPSA) is 57.5 Å². The predicted octanol–water partition coefficient (Wildman–Crippen LogP) is -0.321. The Kier molecular flexibility index (Phi) is 9.23. The maximum Gasteiger partial charge on any atom is 0.299 e. The summed E-state index contributed by atoms with van der Waals surface area (Å²) in [5, 5.41) is 0. The van der Waals surface area contributed by atoms with Gasteiger partial charge in [0.15, 0.2) is 0 Å². The second kappa shape index (κ2) is 4.94. The van der Waals surface area contributed by atoms with E-state index in [2.05, 4.69) is 0 Å². The third-order valence-corrected chi connectivity index (χ3v) is 0. The molecule has 0 aliphatic carbocycles. The van der Waals surface area contributed by atoms with Crippen LogP contribution in [0, 0.1) is 0 Å². The van der Waals surface area contributed by atoms with Crippen LogP contribution in [0.15, 0.2) is 0 Å². The minimum Gasteiger partial charge on any atom is -0.284 e. The zero-order chi connectivity index (χ0) is 3.58. The first-order valence-corrected chi connectivity index (χ1v) is 1.60. The van der Waals surface area contributed by atoms with Crippen LogP contribution in [0.1, 0.15) is 0 Å². The summed E-state index contributed by atoms with van der Waals surface area (Å²) in [5.41, 5.74) is 0. The average Bonchev–Trinajstić information content (AvgIpc) is 0.811. The molecule has 3 nitrogen and oxygen atoms in total. The van der Waals surface area contributed by atoms with Crippen molar-refractivity contribution in [2.24, 2.45) is 0 Å². The summed E-state index contributed by atoms with van der Waals surface area (Å²) in [6, 6.07) is 0. The summed E-state index contributed by atoms with van der Waals surface area (Å²) >= 11 is -2.61. The summed E-state index contributed by atoms with van der Waals surface area (Å²) in [4.78, 5) is 0. The van der Waals surface area contributed by atoms with Gasteiger partial charge in [-0.15, -0.1) is 0 Å². The van der Waals surface area contributed by atoms with E-state index in [0.29, 0.717) is 0 Å². The number of hydrogen-bond donors (Lipinski definition) is 2. The summed E-state index contributed by atoms with van der Waals surface area (Å²) in [6.45, 7) is 0. The molecule has 0 saturated carbocycles. The van der Waals surface area contributed by atoms with E-state index in [-0.39, 0.29) is 25.8 Å². The van der Waals surface area contributed by atoms with Crippen LogP contribution >= 0.6 is 0 Å². The summed E-state index contributed by atoms with van der Waals surface area (Å²) < 4.78 is 22.8. The standard InChI is InChI=1S/H2O3S.Sc/c1-4(2)3;/h(H2,1,2,3);. The van der Waals surface area contributed by atoms with Crippen molar-refractivity contribution in [2.45, 2.75) is 0 Å². The molecule has 0 rings (SSSR count). The van der Waals surface area contributed by atoms with Gasteiger partial charge >= 0.3 is 0 Å². The molecule has 0 spiro atoms. The Balaban J connectivity index is 0. The monoisotopic (exact) mass is 127 g/mol. The molecular formula is H2O3SSc.